The van der Waals surface area contributed by atoms with Crippen LogP contribution in [0.25, 0.3) is 21.9 Å². The Kier molecular flexibility index (Phi) is 3.53. The largest absolute Gasteiger partial charge is 0.384 e. The highest BCUT2D eigenvalue weighted by molar-refractivity contribution is 5.98. The molecule has 19 heavy (non-hydrogen) atoms. The van der Waals surface area contributed by atoms with Crippen LogP contribution in [0.1, 0.15) is 0 Å². The van der Waals surface area contributed by atoms with Crippen molar-refractivity contribution in [1.82, 2.24) is 9.97 Å². The molecule has 0 aliphatic rings. The Labute approximate surface area is 116 Å². The number of nitrogens with two attached hydrogens (primary N) is 2. The lowest BCUT2D eigenvalue weighted by Gasteiger charge is -2.08. The topological polar surface area (TPSA) is 77.8 Å². The molecular weight excluding hydrogens is 260 g/mol. The van der Waals surface area contributed by atoms with Gasteiger partial charge in [0.15, 0.2) is 0 Å². The van der Waals surface area contributed by atoms with Crippen LogP contribution in [-0.2, 0) is 0 Å². The molecule has 96 valence electrons. The quantitative estimate of drug-likeness (QED) is 0.714. The number of anilines is 2. The van der Waals surface area contributed by atoms with Gasteiger partial charge in [-0.05, 0) is 29.1 Å². The van der Waals surface area contributed by atoms with Crippen molar-refractivity contribution >= 4 is 34.8 Å². The highest BCUT2D eigenvalue weighted by Gasteiger charge is 2.08. The Morgan fingerprint density at radius 2 is 1.74 bits per heavy atom. The van der Waals surface area contributed by atoms with E-state index < -0.39 is 0 Å². The summed E-state index contributed by atoms with van der Waals surface area (Å²) in [4.78, 5) is 8.25. The Hall–Kier alpha value is -2.33. The van der Waals surface area contributed by atoms with E-state index in [1.807, 2.05) is 36.5 Å². The van der Waals surface area contributed by atoms with E-state index in [1.165, 1.54) is 0 Å². The van der Waals surface area contributed by atoms with Gasteiger partial charge in [0, 0.05) is 23.3 Å². The molecule has 0 spiro atoms. The third-order valence-electron chi connectivity index (χ3n) is 2.92. The minimum absolute atomic E-state index is 0. The van der Waals surface area contributed by atoms with Crippen molar-refractivity contribution in [3.63, 3.8) is 0 Å². The van der Waals surface area contributed by atoms with Crippen LogP contribution < -0.4 is 11.5 Å². The molecular formula is C14H13ClN4. The van der Waals surface area contributed by atoms with Crippen molar-refractivity contribution in [3.05, 3.63) is 48.8 Å². The molecule has 4 N–H and O–H groups in total. The molecule has 3 aromatic rings. The number of nitrogens with zero attached hydrogens (tertiary/aromatic N) is 2. The number of nitrogen functional groups attached to an aromatic ring is 2. The van der Waals surface area contributed by atoms with Gasteiger partial charge in [-0.2, -0.15) is 0 Å². The standard InChI is InChI=1S/C14H12N4.ClH/c15-13-5-4-11(14(16)18-13)10-3-1-2-9-6-7-17-8-12(9)10;/h1-8H,(H4,15,16,18);1H. The minimum Gasteiger partial charge on any atom is -0.384 e. The van der Waals surface area contributed by atoms with Crippen molar-refractivity contribution in [3.8, 4) is 11.1 Å². The van der Waals surface area contributed by atoms with Gasteiger partial charge in [0.25, 0.3) is 0 Å². The molecule has 2 heterocycles. The lowest BCUT2D eigenvalue weighted by atomic mass is 10.0. The molecule has 2 aromatic heterocycles. The number of pyridine rings is 2. The van der Waals surface area contributed by atoms with Crippen molar-refractivity contribution in [2.45, 2.75) is 0 Å². The number of aromatic nitrogens is 2. The smallest absolute Gasteiger partial charge is 0.133 e. The van der Waals surface area contributed by atoms with E-state index in [4.69, 9.17) is 11.5 Å². The van der Waals surface area contributed by atoms with Crippen molar-refractivity contribution in [2.75, 3.05) is 11.5 Å². The van der Waals surface area contributed by atoms with Gasteiger partial charge in [-0.1, -0.05) is 18.2 Å². The Bertz CT molecular complexity index is 722. The number of rotatable bonds is 1. The number of hydrogen-bond acceptors (Lipinski definition) is 4. The van der Waals surface area contributed by atoms with Crippen molar-refractivity contribution < 1.29 is 0 Å². The predicted molar refractivity (Wildman–Crippen MR) is 81.0 cm³/mol. The SMILES string of the molecule is Cl.Nc1ccc(-c2cccc3ccncc23)c(N)n1. The number of benzene rings is 1. The summed E-state index contributed by atoms with van der Waals surface area (Å²) < 4.78 is 0. The summed E-state index contributed by atoms with van der Waals surface area (Å²) in [7, 11) is 0. The molecule has 0 unspecified atom stereocenters. The Balaban J connectivity index is 0.00000133. The highest BCUT2D eigenvalue weighted by Crippen LogP contribution is 2.31. The van der Waals surface area contributed by atoms with Crippen LogP contribution in [0, 0.1) is 0 Å². The maximum atomic E-state index is 5.93. The molecule has 0 aliphatic heterocycles. The Morgan fingerprint density at radius 1 is 0.895 bits per heavy atom. The van der Waals surface area contributed by atoms with Gasteiger partial charge in [-0.25, -0.2) is 4.98 Å². The Morgan fingerprint density at radius 3 is 2.53 bits per heavy atom. The van der Waals surface area contributed by atoms with Crippen LogP contribution in [0.3, 0.4) is 0 Å². The van der Waals surface area contributed by atoms with Crippen molar-refractivity contribution in [1.29, 1.82) is 0 Å². The first-order valence-corrected chi connectivity index (χ1v) is 5.61. The molecule has 0 aliphatic carbocycles. The van der Waals surface area contributed by atoms with E-state index in [0.717, 1.165) is 21.9 Å². The molecule has 0 saturated heterocycles. The van der Waals surface area contributed by atoms with Crippen LogP contribution in [0.5, 0.6) is 0 Å². The van der Waals surface area contributed by atoms with Crippen LogP contribution in [-0.4, -0.2) is 9.97 Å². The molecule has 1 aromatic carbocycles. The van der Waals surface area contributed by atoms with Gasteiger partial charge >= 0.3 is 0 Å². The summed E-state index contributed by atoms with van der Waals surface area (Å²) in [6.07, 6.45) is 3.61. The van der Waals surface area contributed by atoms with E-state index in [1.54, 1.807) is 12.3 Å². The summed E-state index contributed by atoms with van der Waals surface area (Å²) in [6, 6.07) is 11.7. The van der Waals surface area contributed by atoms with E-state index >= 15 is 0 Å². The van der Waals surface area contributed by atoms with Gasteiger partial charge in [0.1, 0.15) is 11.6 Å². The monoisotopic (exact) mass is 272 g/mol. The fourth-order valence-electron chi connectivity index (χ4n) is 2.07. The number of halogens is 1. The third-order valence-corrected chi connectivity index (χ3v) is 2.92. The molecule has 0 amide bonds. The van der Waals surface area contributed by atoms with Crippen molar-refractivity contribution in [2.24, 2.45) is 0 Å². The normalized spacial score (nSPS) is 10.1. The number of fused-ring (bicyclic) bond motifs is 1. The van der Waals surface area contributed by atoms with E-state index in [0.29, 0.717) is 11.6 Å². The molecule has 4 nitrogen and oxygen atoms in total. The molecule has 0 fully saturated rings. The van der Waals surface area contributed by atoms with Crippen LogP contribution in [0.4, 0.5) is 11.6 Å². The first kappa shape index (κ1) is 13.1. The van der Waals surface area contributed by atoms with Crippen LogP contribution >= 0.6 is 12.4 Å². The molecule has 0 radical (unpaired) electrons. The van der Waals surface area contributed by atoms with Gasteiger partial charge in [0.05, 0.1) is 0 Å². The second-order valence-electron chi connectivity index (χ2n) is 4.07. The van der Waals surface area contributed by atoms with Gasteiger partial charge < -0.3 is 11.5 Å². The van der Waals surface area contributed by atoms with E-state index in [2.05, 4.69) is 9.97 Å². The summed E-state index contributed by atoms with van der Waals surface area (Å²) >= 11 is 0. The van der Waals surface area contributed by atoms with Crippen LogP contribution in [0.15, 0.2) is 48.8 Å². The lowest BCUT2D eigenvalue weighted by molar-refractivity contribution is 1.34. The highest BCUT2D eigenvalue weighted by atomic mass is 35.5. The first-order valence-electron chi connectivity index (χ1n) is 5.61. The summed E-state index contributed by atoms with van der Waals surface area (Å²) in [6.45, 7) is 0. The van der Waals surface area contributed by atoms with E-state index in [-0.39, 0.29) is 12.4 Å². The maximum absolute atomic E-state index is 5.93. The van der Waals surface area contributed by atoms with E-state index in [9.17, 15) is 0 Å². The summed E-state index contributed by atoms with van der Waals surface area (Å²) in [5, 5.41) is 2.18. The zero-order valence-corrected chi connectivity index (χ0v) is 10.9. The second-order valence-corrected chi connectivity index (χ2v) is 4.07. The third kappa shape index (κ3) is 2.30. The molecule has 5 heteroatoms. The molecule has 0 bridgehead atoms. The summed E-state index contributed by atoms with van der Waals surface area (Å²) in [5.74, 6) is 0.862. The fraction of sp³-hybridized carbons (Fsp3) is 0. The maximum Gasteiger partial charge on any atom is 0.133 e. The lowest BCUT2D eigenvalue weighted by Crippen LogP contribution is -1.98. The minimum atomic E-state index is 0. The molecule has 3 rings (SSSR count). The zero-order valence-electron chi connectivity index (χ0n) is 10.1. The molecule has 0 atom stereocenters. The van der Waals surface area contributed by atoms with Gasteiger partial charge in [-0.15, -0.1) is 12.4 Å². The first-order chi connectivity index (χ1) is 8.75. The zero-order chi connectivity index (χ0) is 12.5. The average Bonchev–Trinajstić information content (AvgIpc) is 2.38. The van der Waals surface area contributed by atoms with Crippen LogP contribution in [0.2, 0.25) is 0 Å². The average molecular weight is 273 g/mol. The molecule has 0 saturated carbocycles. The summed E-state index contributed by atoms with van der Waals surface area (Å²) in [5.41, 5.74) is 13.4. The van der Waals surface area contributed by atoms with Gasteiger partial charge in [-0.3, -0.25) is 4.98 Å². The van der Waals surface area contributed by atoms with Gasteiger partial charge in [0.2, 0.25) is 0 Å². The number of hydrogen-bond donors (Lipinski definition) is 2. The fourth-order valence-corrected chi connectivity index (χ4v) is 2.07. The second kappa shape index (κ2) is 5.12. The predicted octanol–water partition coefficient (Wildman–Crippen LogP) is 2.88.